The Kier molecular flexibility index (Phi) is 5.69. The van der Waals surface area contributed by atoms with Crippen LogP contribution in [0.25, 0.3) is 0 Å². The van der Waals surface area contributed by atoms with Crippen LogP contribution in [0.15, 0.2) is 17.2 Å². The molecule has 0 aliphatic rings. The zero-order valence-corrected chi connectivity index (χ0v) is 12.0. The van der Waals surface area contributed by atoms with Crippen molar-refractivity contribution in [2.24, 2.45) is 0 Å². The summed E-state index contributed by atoms with van der Waals surface area (Å²) in [4.78, 5) is 17.5. The van der Waals surface area contributed by atoms with Crippen molar-refractivity contribution in [1.82, 2.24) is 9.97 Å². The maximum absolute atomic E-state index is 10.4. The number of hydrogen-bond acceptors (Lipinski definition) is 2. The van der Waals surface area contributed by atoms with Crippen LogP contribution in [0.4, 0.5) is 0 Å². The molecule has 1 aromatic heterocycles. The van der Waals surface area contributed by atoms with Crippen LogP contribution in [0.5, 0.6) is 0 Å². The molecule has 0 aromatic carbocycles. The molecule has 0 bridgehead atoms. The number of aromatic nitrogens is 2. The summed E-state index contributed by atoms with van der Waals surface area (Å²) < 4.78 is 0. The number of hydrogen-bond donors (Lipinski definition) is 0. The van der Waals surface area contributed by atoms with Gasteiger partial charge in [0.25, 0.3) is 0 Å². The Balaban J connectivity index is 0.000001000. The van der Waals surface area contributed by atoms with E-state index in [9.17, 15) is 4.79 Å². The van der Waals surface area contributed by atoms with Crippen molar-refractivity contribution in [3.8, 4) is 0 Å². The minimum Gasteiger partial charge on any atom is -0.407 e. The SMILES string of the molecule is CC(C)c1cnc(=O)[n-]c1.[Rb+]. The molecular weight excluding hydrogens is 214 g/mol. The molecule has 0 fully saturated rings. The molecule has 3 nitrogen and oxygen atoms in total. The molecule has 0 N–H and O–H groups in total. The topological polar surface area (TPSA) is 44.1 Å². The van der Waals surface area contributed by atoms with Crippen LogP contribution < -0.4 is 68.9 Å². The van der Waals surface area contributed by atoms with Crippen molar-refractivity contribution in [3.05, 3.63) is 28.4 Å². The molecule has 1 aromatic rings. The molecule has 0 radical (unpaired) electrons. The Morgan fingerprint density at radius 1 is 1.55 bits per heavy atom. The fourth-order valence-corrected chi connectivity index (χ4v) is 0.624. The van der Waals surface area contributed by atoms with Gasteiger partial charge >= 0.3 is 58.2 Å². The first-order valence-corrected chi connectivity index (χ1v) is 3.19. The molecule has 4 heteroatoms. The molecule has 0 spiro atoms. The molecule has 0 amide bonds. The second kappa shape index (κ2) is 5.35. The van der Waals surface area contributed by atoms with Gasteiger partial charge in [-0.25, -0.2) is 0 Å². The van der Waals surface area contributed by atoms with Gasteiger partial charge in [0.15, 0.2) is 5.69 Å². The molecule has 0 aliphatic carbocycles. The summed E-state index contributed by atoms with van der Waals surface area (Å²) in [7, 11) is 0. The van der Waals surface area contributed by atoms with Gasteiger partial charge in [-0.15, -0.1) is 0 Å². The molecular formula is C7H9N2ORb. The molecule has 0 atom stereocenters. The van der Waals surface area contributed by atoms with Gasteiger partial charge in [-0.3, -0.25) is 4.79 Å². The largest absolute Gasteiger partial charge is 1.00 e. The molecule has 0 unspecified atom stereocenters. The fourth-order valence-electron chi connectivity index (χ4n) is 0.624. The summed E-state index contributed by atoms with van der Waals surface area (Å²) in [5.74, 6) is 0.389. The smallest absolute Gasteiger partial charge is 0.407 e. The van der Waals surface area contributed by atoms with Crippen LogP contribution in [0, 0.1) is 0 Å². The zero-order valence-electron chi connectivity index (χ0n) is 7.03. The third-order valence-corrected chi connectivity index (χ3v) is 1.31. The van der Waals surface area contributed by atoms with Gasteiger partial charge < -0.3 is 9.97 Å². The summed E-state index contributed by atoms with van der Waals surface area (Å²) in [5, 5.41) is 0. The Morgan fingerprint density at radius 3 is 2.55 bits per heavy atom. The van der Waals surface area contributed by atoms with Gasteiger partial charge in [-0.05, 0) is 5.92 Å². The van der Waals surface area contributed by atoms with E-state index in [-0.39, 0.29) is 58.2 Å². The average molecular weight is 223 g/mol. The van der Waals surface area contributed by atoms with Crippen molar-refractivity contribution in [2.75, 3.05) is 0 Å². The minimum absolute atomic E-state index is 0. The van der Waals surface area contributed by atoms with Crippen LogP contribution >= 0.6 is 0 Å². The monoisotopic (exact) mass is 222 g/mol. The van der Waals surface area contributed by atoms with Crippen LogP contribution in [0.3, 0.4) is 0 Å². The Morgan fingerprint density at radius 2 is 2.18 bits per heavy atom. The first-order valence-electron chi connectivity index (χ1n) is 3.19. The van der Waals surface area contributed by atoms with Gasteiger partial charge in [0.05, 0.1) is 0 Å². The molecule has 0 saturated heterocycles. The van der Waals surface area contributed by atoms with Crippen LogP contribution in [0.2, 0.25) is 0 Å². The second-order valence-electron chi connectivity index (χ2n) is 2.45. The summed E-state index contributed by atoms with van der Waals surface area (Å²) >= 11 is 0. The predicted octanol–water partition coefficient (Wildman–Crippen LogP) is -2.47. The first kappa shape index (κ1) is 11.7. The summed E-state index contributed by atoms with van der Waals surface area (Å²) in [6.45, 7) is 4.06. The predicted molar refractivity (Wildman–Crippen MR) is 37.9 cm³/mol. The number of rotatable bonds is 1. The average Bonchev–Trinajstić information content (AvgIpc) is 1.88. The molecule has 1 rings (SSSR count). The maximum Gasteiger partial charge on any atom is 1.00 e. The van der Waals surface area contributed by atoms with Crippen molar-refractivity contribution >= 4 is 0 Å². The normalized spacial score (nSPS) is 9.36. The van der Waals surface area contributed by atoms with E-state index >= 15 is 0 Å². The van der Waals surface area contributed by atoms with E-state index in [1.807, 2.05) is 13.8 Å². The van der Waals surface area contributed by atoms with Crippen LogP contribution in [-0.4, -0.2) is 4.98 Å². The van der Waals surface area contributed by atoms with Gasteiger partial charge in [-0.1, -0.05) is 31.8 Å². The quantitative estimate of drug-likeness (QED) is 0.529. The molecule has 0 aliphatic heterocycles. The third-order valence-electron chi connectivity index (χ3n) is 1.31. The van der Waals surface area contributed by atoms with Gasteiger partial charge in [0.2, 0.25) is 0 Å². The summed E-state index contributed by atoms with van der Waals surface area (Å²) in [6.07, 6.45) is 3.14. The van der Waals surface area contributed by atoms with E-state index in [0.29, 0.717) is 5.92 Å². The summed E-state index contributed by atoms with van der Waals surface area (Å²) in [6, 6.07) is 0. The second-order valence-corrected chi connectivity index (χ2v) is 2.45. The van der Waals surface area contributed by atoms with E-state index in [4.69, 9.17) is 0 Å². The first-order chi connectivity index (χ1) is 4.70. The fraction of sp³-hybridized carbons (Fsp3) is 0.429. The van der Waals surface area contributed by atoms with Gasteiger partial charge in [0.1, 0.15) is 0 Å². The van der Waals surface area contributed by atoms with Crippen molar-refractivity contribution < 1.29 is 58.2 Å². The molecule has 1 heterocycles. The van der Waals surface area contributed by atoms with Crippen LogP contribution in [-0.2, 0) is 0 Å². The standard InChI is InChI=1S/C7H10N2O.Rb/c1-5(2)6-3-8-7(10)9-4-6;/h3-5H,1-2H3,(H,8,9,10);/q;+1/p-1. The van der Waals surface area contributed by atoms with Crippen LogP contribution in [0.1, 0.15) is 25.3 Å². The van der Waals surface area contributed by atoms with E-state index in [0.717, 1.165) is 5.56 Å². The third kappa shape index (κ3) is 3.74. The van der Waals surface area contributed by atoms with Crippen molar-refractivity contribution in [1.29, 1.82) is 0 Å². The van der Waals surface area contributed by atoms with E-state index < -0.39 is 5.69 Å². The van der Waals surface area contributed by atoms with E-state index in [2.05, 4.69) is 9.97 Å². The van der Waals surface area contributed by atoms with Gasteiger partial charge in [-0.2, -0.15) is 0 Å². The van der Waals surface area contributed by atoms with Crippen molar-refractivity contribution in [3.63, 3.8) is 0 Å². The number of nitrogens with zero attached hydrogens (tertiary/aromatic N) is 2. The Hall–Kier alpha value is 0.685. The zero-order chi connectivity index (χ0) is 7.56. The van der Waals surface area contributed by atoms with Crippen molar-refractivity contribution in [2.45, 2.75) is 19.8 Å². The Labute approximate surface area is 114 Å². The van der Waals surface area contributed by atoms with Gasteiger partial charge in [0, 0.05) is 0 Å². The molecule has 0 saturated carbocycles. The molecule has 54 valence electrons. The maximum atomic E-state index is 10.4. The Bertz CT molecular complexity index is 249. The molecule has 11 heavy (non-hydrogen) atoms. The van der Waals surface area contributed by atoms with E-state index in [1.165, 1.54) is 0 Å². The van der Waals surface area contributed by atoms with E-state index in [1.54, 1.807) is 12.4 Å². The summed E-state index contributed by atoms with van der Waals surface area (Å²) in [5.41, 5.74) is 0.587. The minimum atomic E-state index is -0.413.